The zero-order valence-electron chi connectivity index (χ0n) is 21.8. The third kappa shape index (κ3) is 7.45. The van der Waals surface area contributed by atoms with Gasteiger partial charge in [-0.25, -0.2) is 0 Å². The summed E-state index contributed by atoms with van der Waals surface area (Å²) in [7, 11) is 1.63. The molecular formula is C31H38N2O3. The first kappa shape index (κ1) is 27.0. The lowest BCUT2D eigenvalue weighted by molar-refractivity contribution is -0.141. The van der Waals surface area contributed by atoms with Crippen molar-refractivity contribution in [1.29, 1.82) is 0 Å². The van der Waals surface area contributed by atoms with Gasteiger partial charge in [0.15, 0.2) is 0 Å². The Kier molecular flexibility index (Phi) is 10.1. The van der Waals surface area contributed by atoms with E-state index in [4.69, 9.17) is 4.74 Å². The first-order valence-electron chi connectivity index (χ1n) is 12.7. The van der Waals surface area contributed by atoms with E-state index in [2.05, 4.69) is 43.4 Å². The van der Waals surface area contributed by atoms with Crippen LogP contribution in [0.15, 0.2) is 84.9 Å². The van der Waals surface area contributed by atoms with Gasteiger partial charge in [0.25, 0.3) is 0 Å². The van der Waals surface area contributed by atoms with Crippen LogP contribution in [0.2, 0.25) is 0 Å². The molecule has 3 aromatic rings. The van der Waals surface area contributed by atoms with Crippen molar-refractivity contribution in [3.63, 3.8) is 0 Å². The molecule has 0 saturated heterocycles. The van der Waals surface area contributed by atoms with Crippen molar-refractivity contribution in [3.8, 4) is 5.75 Å². The molecule has 2 amide bonds. The van der Waals surface area contributed by atoms with Gasteiger partial charge in [-0.3, -0.25) is 9.59 Å². The number of carbonyl (C=O) groups is 2. The molecule has 0 aliphatic carbocycles. The number of rotatable bonds is 12. The van der Waals surface area contributed by atoms with Gasteiger partial charge in [-0.05, 0) is 41.2 Å². The highest BCUT2D eigenvalue weighted by molar-refractivity contribution is 5.88. The van der Waals surface area contributed by atoms with Crippen LogP contribution in [0.25, 0.3) is 0 Å². The molecule has 190 valence electrons. The second-order valence-corrected chi connectivity index (χ2v) is 9.51. The Bertz CT molecular complexity index is 1060. The average Bonchev–Trinajstić information content (AvgIpc) is 2.91. The number of carbonyl (C=O) groups excluding carboxylic acids is 2. The fourth-order valence-corrected chi connectivity index (χ4v) is 4.40. The number of methoxy groups -OCH3 is 1. The number of ether oxygens (including phenoxy) is 1. The molecule has 0 fully saturated rings. The molecule has 5 nitrogen and oxygen atoms in total. The van der Waals surface area contributed by atoms with E-state index in [0.717, 1.165) is 22.4 Å². The molecule has 0 saturated carbocycles. The van der Waals surface area contributed by atoms with Crippen LogP contribution in [0.5, 0.6) is 5.75 Å². The Morgan fingerprint density at radius 3 is 2.03 bits per heavy atom. The highest BCUT2D eigenvalue weighted by Gasteiger charge is 2.31. The Balaban J connectivity index is 1.94. The number of hydrogen-bond acceptors (Lipinski definition) is 3. The molecule has 0 aliphatic rings. The van der Waals surface area contributed by atoms with E-state index in [0.29, 0.717) is 25.4 Å². The van der Waals surface area contributed by atoms with Gasteiger partial charge in [0.05, 0.1) is 7.11 Å². The van der Waals surface area contributed by atoms with Crippen LogP contribution < -0.4 is 10.1 Å². The van der Waals surface area contributed by atoms with Crippen molar-refractivity contribution >= 4 is 11.8 Å². The minimum atomic E-state index is -0.561. The molecule has 0 aliphatic heterocycles. The van der Waals surface area contributed by atoms with Crippen molar-refractivity contribution in [2.45, 2.75) is 52.1 Å². The summed E-state index contributed by atoms with van der Waals surface area (Å²) >= 11 is 0. The summed E-state index contributed by atoms with van der Waals surface area (Å²) < 4.78 is 5.39. The second-order valence-electron chi connectivity index (χ2n) is 9.51. The van der Waals surface area contributed by atoms with Crippen LogP contribution in [-0.2, 0) is 16.1 Å². The predicted octanol–water partition coefficient (Wildman–Crippen LogP) is 5.80. The fourth-order valence-electron chi connectivity index (χ4n) is 4.40. The Morgan fingerprint density at radius 2 is 1.50 bits per heavy atom. The number of nitrogens with zero attached hydrogens (tertiary/aromatic N) is 1. The molecule has 36 heavy (non-hydrogen) atoms. The maximum atomic E-state index is 14.0. The molecule has 1 atom stereocenters. The monoisotopic (exact) mass is 486 g/mol. The minimum Gasteiger partial charge on any atom is -0.497 e. The van der Waals surface area contributed by atoms with Crippen molar-refractivity contribution in [2.24, 2.45) is 5.92 Å². The Morgan fingerprint density at radius 1 is 0.889 bits per heavy atom. The molecule has 0 spiro atoms. The summed E-state index contributed by atoms with van der Waals surface area (Å²) in [5, 5.41) is 3.04. The van der Waals surface area contributed by atoms with Crippen LogP contribution >= 0.6 is 0 Å². The van der Waals surface area contributed by atoms with E-state index >= 15 is 0 Å². The molecule has 1 unspecified atom stereocenters. The quantitative estimate of drug-likeness (QED) is 0.352. The SMILES string of the molecule is CCC(C(=O)NCC(C)C)N(Cc1cccc(OC)c1)C(=O)CC(c1ccccc1)c1ccccc1. The standard InChI is InChI=1S/C31H38N2O3/c1-5-29(31(35)32-21-23(2)3)33(22-24-13-12-18-27(19-24)36-4)30(34)20-28(25-14-8-6-9-15-25)26-16-10-7-11-17-26/h6-19,23,28-29H,5,20-22H2,1-4H3,(H,32,35). The zero-order valence-corrected chi connectivity index (χ0v) is 21.8. The second kappa shape index (κ2) is 13.5. The van der Waals surface area contributed by atoms with E-state index in [1.807, 2.05) is 67.6 Å². The normalized spacial score (nSPS) is 11.8. The van der Waals surface area contributed by atoms with E-state index < -0.39 is 6.04 Å². The Labute approximate surface area is 215 Å². The minimum absolute atomic E-state index is 0.0536. The largest absolute Gasteiger partial charge is 0.497 e. The molecule has 0 bridgehead atoms. The van der Waals surface area contributed by atoms with Gasteiger partial charge in [0.1, 0.15) is 11.8 Å². The Hall–Kier alpha value is -3.60. The summed E-state index contributed by atoms with van der Waals surface area (Å²) in [4.78, 5) is 29.0. The number of benzene rings is 3. The van der Waals surface area contributed by atoms with E-state index in [9.17, 15) is 9.59 Å². The van der Waals surface area contributed by atoms with Gasteiger partial charge in [-0.2, -0.15) is 0 Å². The third-order valence-corrected chi connectivity index (χ3v) is 6.34. The molecule has 5 heteroatoms. The maximum Gasteiger partial charge on any atom is 0.242 e. The number of nitrogens with one attached hydrogen (secondary N) is 1. The molecular weight excluding hydrogens is 448 g/mol. The van der Waals surface area contributed by atoms with E-state index in [1.165, 1.54) is 0 Å². The zero-order chi connectivity index (χ0) is 25.9. The first-order chi connectivity index (χ1) is 17.4. The highest BCUT2D eigenvalue weighted by atomic mass is 16.5. The van der Waals surface area contributed by atoms with E-state index in [1.54, 1.807) is 12.0 Å². The van der Waals surface area contributed by atoms with Crippen LogP contribution in [0.3, 0.4) is 0 Å². The number of hydrogen-bond donors (Lipinski definition) is 1. The number of amides is 2. The molecule has 0 radical (unpaired) electrons. The van der Waals surface area contributed by atoms with Crippen LogP contribution in [0.4, 0.5) is 0 Å². The predicted molar refractivity (Wildman–Crippen MR) is 145 cm³/mol. The van der Waals surface area contributed by atoms with Gasteiger partial charge in [-0.1, -0.05) is 93.6 Å². The lowest BCUT2D eigenvalue weighted by atomic mass is 9.88. The summed E-state index contributed by atoms with van der Waals surface area (Å²) in [5.74, 6) is 0.780. The van der Waals surface area contributed by atoms with Gasteiger partial charge in [-0.15, -0.1) is 0 Å². The average molecular weight is 487 g/mol. The first-order valence-corrected chi connectivity index (χ1v) is 12.7. The van der Waals surface area contributed by atoms with E-state index in [-0.39, 0.29) is 24.2 Å². The summed E-state index contributed by atoms with van der Waals surface area (Å²) in [5.41, 5.74) is 3.08. The van der Waals surface area contributed by atoms with Gasteiger partial charge in [0.2, 0.25) is 11.8 Å². The maximum absolute atomic E-state index is 14.0. The van der Waals surface area contributed by atoms with Crippen LogP contribution in [0.1, 0.15) is 56.2 Å². The van der Waals surface area contributed by atoms with Crippen molar-refractivity contribution in [3.05, 3.63) is 102 Å². The van der Waals surface area contributed by atoms with Crippen molar-refractivity contribution in [2.75, 3.05) is 13.7 Å². The van der Waals surface area contributed by atoms with Crippen molar-refractivity contribution in [1.82, 2.24) is 10.2 Å². The molecule has 3 rings (SSSR count). The van der Waals surface area contributed by atoms with Gasteiger partial charge in [0, 0.05) is 25.4 Å². The fraction of sp³-hybridized carbons (Fsp3) is 0.355. The topological polar surface area (TPSA) is 58.6 Å². The lowest BCUT2D eigenvalue weighted by Crippen LogP contribution is -2.49. The van der Waals surface area contributed by atoms with Gasteiger partial charge < -0.3 is 15.0 Å². The molecule has 0 aromatic heterocycles. The van der Waals surface area contributed by atoms with Crippen LogP contribution in [0, 0.1) is 5.92 Å². The van der Waals surface area contributed by atoms with Crippen LogP contribution in [-0.4, -0.2) is 36.4 Å². The highest BCUT2D eigenvalue weighted by Crippen LogP contribution is 2.30. The molecule has 3 aromatic carbocycles. The molecule has 0 heterocycles. The third-order valence-electron chi connectivity index (χ3n) is 6.34. The van der Waals surface area contributed by atoms with Crippen molar-refractivity contribution < 1.29 is 14.3 Å². The molecule has 1 N–H and O–H groups in total. The van der Waals surface area contributed by atoms with Gasteiger partial charge >= 0.3 is 0 Å². The summed E-state index contributed by atoms with van der Waals surface area (Å²) in [6, 6.07) is 27.3. The lowest BCUT2D eigenvalue weighted by Gasteiger charge is -2.32. The smallest absolute Gasteiger partial charge is 0.242 e. The summed E-state index contributed by atoms with van der Waals surface area (Å²) in [6.45, 7) is 6.99. The summed E-state index contributed by atoms with van der Waals surface area (Å²) in [6.07, 6.45) is 0.799.